The Labute approximate surface area is 85.0 Å². The number of pyridine rings is 2. The molecule has 2 aromatic heterocycles. The third-order valence-corrected chi connectivity index (χ3v) is 3.06. The van der Waals surface area contributed by atoms with Crippen molar-refractivity contribution in [1.29, 1.82) is 0 Å². The second-order valence-electron chi connectivity index (χ2n) is 2.68. The Balaban J connectivity index is 2.75. The predicted molar refractivity (Wildman–Crippen MR) is 52.6 cm³/mol. The maximum Gasteiger partial charge on any atom is 0.262 e. The van der Waals surface area contributed by atoms with Gasteiger partial charge in [0, 0.05) is 34.7 Å². The van der Waals surface area contributed by atoms with Crippen LogP contribution in [0.4, 0.5) is 0 Å². The van der Waals surface area contributed by atoms with Crippen LogP contribution in [-0.2, 0) is 9.05 Å². The molecule has 6 heteroatoms. The predicted octanol–water partition coefficient (Wildman–Crippen LogP) is 1.56. The molecular weight excluding hydrogens is 224 g/mol. The number of rotatable bonds is 1. The van der Waals surface area contributed by atoms with Gasteiger partial charge in [0.2, 0.25) is 0 Å². The number of aromatic nitrogens is 2. The third kappa shape index (κ3) is 1.69. The van der Waals surface area contributed by atoms with Gasteiger partial charge in [-0.3, -0.25) is 9.97 Å². The smallest absolute Gasteiger partial charge is 0.262 e. The molecule has 0 aromatic carbocycles. The SMILES string of the molecule is O=S(=O)(Cl)c1cnc2ccncc2c1. The van der Waals surface area contributed by atoms with Gasteiger partial charge in [-0.25, -0.2) is 8.42 Å². The molecule has 0 saturated heterocycles. The van der Waals surface area contributed by atoms with E-state index in [1.54, 1.807) is 12.3 Å². The Hall–Kier alpha value is -1.20. The summed E-state index contributed by atoms with van der Waals surface area (Å²) in [5.41, 5.74) is 0.684. The molecule has 14 heavy (non-hydrogen) atoms. The molecule has 0 aliphatic rings. The summed E-state index contributed by atoms with van der Waals surface area (Å²) in [5, 5.41) is 0.647. The Morgan fingerprint density at radius 3 is 2.79 bits per heavy atom. The quantitative estimate of drug-likeness (QED) is 0.695. The first-order valence-corrected chi connectivity index (χ1v) is 6.03. The number of nitrogens with zero attached hydrogens (tertiary/aromatic N) is 2. The first-order valence-electron chi connectivity index (χ1n) is 3.72. The molecule has 2 rings (SSSR count). The van der Waals surface area contributed by atoms with Crippen molar-refractivity contribution >= 4 is 30.6 Å². The van der Waals surface area contributed by atoms with Crippen LogP contribution < -0.4 is 0 Å². The van der Waals surface area contributed by atoms with Crippen molar-refractivity contribution in [1.82, 2.24) is 9.97 Å². The number of fused-ring (bicyclic) bond motifs is 1. The van der Waals surface area contributed by atoms with Crippen molar-refractivity contribution in [2.24, 2.45) is 0 Å². The Morgan fingerprint density at radius 2 is 2.07 bits per heavy atom. The first-order chi connectivity index (χ1) is 6.57. The molecule has 0 spiro atoms. The highest BCUT2D eigenvalue weighted by molar-refractivity contribution is 8.13. The van der Waals surface area contributed by atoms with Crippen LogP contribution in [0.1, 0.15) is 0 Å². The fourth-order valence-corrected chi connectivity index (χ4v) is 1.78. The summed E-state index contributed by atoms with van der Waals surface area (Å²) in [7, 11) is 1.46. The Bertz CT molecular complexity index is 583. The molecule has 0 saturated carbocycles. The zero-order valence-electron chi connectivity index (χ0n) is 6.88. The van der Waals surface area contributed by atoms with Crippen LogP contribution >= 0.6 is 10.7 Å². The second-order valence-corrected chi connectivity index (χ2v) is 5.24. The van der Waals surface area contributed by atoms with Gasteiger partial charge in [0.05, 0.1) is 5.52 Å². The molecule has 0 radical (unpaired) electrons. The molecule has 0 amide bonds. The average Bonchev–Trinajstić information content (AvgIpc) is 2.16. The highest BCUT2D eigenvalue weighted by atomic mass is 35.7. The molecule has 0 unspecified atom stereocenters. The number of hydrogen-bond donors (Lipinski definition) is 0. The standard InChI is InChI=1S/C8H5ClN2O2S/c9-14(12,13)7-3-6-4-10-2-1-8(6)11-5-7/h1-5H. The van der Waals surface area contributed by atoms with E-state index in [2.05, 4.69) is 9.97 Å². The van der Waals surface area contributed by atoms with Gasteiger partial charge in [0.1, 0.15) is 4.90 Å². The summed E-state index contributed by atoms with van der Waals surface area (Å²) in [6.45, 7) is 0. The summed E-state index contributed by atoms with van der Waals surface area (Å²) in [4.78, 5) is 7.79. The topological polar surface area (TPSA) is 59.9 Å². The molecular formula is C8H5ClN2O2S. The van der Waals surface area contributed by atoms with Crippen LogP contribution in [-0.4, -0.2) is 18.4 Å². The largest absolute Gasteiger partial charge is 0.264 e. The van der Waals surface area contributed by atoms with Crippen molar-refractivity contribution in [3.63, 3.8) is 0 Å². The van der Waals surface area contributed by atoms with Crippen LogP contribution in [0.3, 0.4) is 0 Å². The summed E-state index contributed by atoms with van der Waals surface area (Å²) < 4.78 is 22.0. The maximum atomic E-state index is 11.0. The lowest BCUT2D eigenvalue weighted by Gasteiger charge is -1.98. The molecule has 0 aliphatic heterocycles. The summed E-state index contributed by atoms with van der Waals surface area (Å²) in [6, 6.07) is 3.14. The summed E-state index contributed by atoms with van der Waals surface area (Å²) in [5.74, 6) is 0. The molecule has 4 nitrogen and oxygen atoms in total. The van der Waals surface area contributed by atoms with E-state index in [4.69, 9.17) is 10.7 Å². The normalized spacial score (nSPS) is 11.8. The van der Waals surface area contributed by atoms with Crippen molar-refractivity contribution < 1.29 is 8.42 Å². The minimum atomic E-state index is -3.71. The molecule has 0 fully saturated rings. The monoisotopic (exact) mass is 228 g/mol. The zero-order valence-corrected chi connectivity index (χ0v) is 8.46. The van der Waals surface area contributed by atoms with E-state index in [0.29, 0.717) is 10.9 Å². The van der Waals surface area contributed by atoms with Crippen molar-refractivity contribution in [2.45, 2.75) is 4.90 Å². The van der Waals surface area contributed by atoms with E-state index in [-0.39, 0.29) is 4.90 Å². The van der Waals surface area contributed by atoms with Gasteiger partial charge in [-0.05, 0) is 12.1 Å². The molecule has 0 N–H and O–H groups in total. The van der Waals surface area contributed by atoms with Crippen molar-refractivity contribution in [3.05, 3.63) is 30.7 Å². The molecule has 0 atom stereocenters. The lowest BCUT2D eigenvalue weighted by Crippen LogP contribution is -1.92. The Kier molecular flexibility index (Phi) is 2.13. The van der Waals surface area contributed by atoms with Crippen molar-refractivity contribution in [3.8, 4) is 0 Å². The van der Waals surface area contributed by atoms with Crippen molar-refractivity contribution in [2.75, 3.05) is 0 Å². The lowest BCUT2D eigenvalue weighted by molar-refractivity contribution is 0.609. The van der Waals surface area contributed by atoms with Crippen LogP contribution in [0, 0.1) is 0 Å². The Morgan fingerprint density at radius 1 is 1.29 bits per heavy atom. The van der Waals surface area contributed by atoms with Gasteiger partial charge in [-0.1, -0.05) is 0 Å². The fraction of sp³-hybridized carbons (Fsp3) is 0. The van der Waals surface area contributed by atoms with E-state index in [0.717, 1.165) is 0 Å². The average molecular weight is 229 g/mol. The van der Waals surface area contributed by atoms with Crippen LogP contribution in [0.25, 0.3) is 10.9 Å². The minimum Gasteiger partial charge on any atom is -0.264 e. The lowest BCUT2D eigenvalue weighted by atomic mass is 10.3. The van der Waals surface area contributed by atoms with Gasteiger partial charge < -0.3 is 0 Å². The maximum absolute atomic E-state index is 11.0. The minimum absolute atomic E-state index is 0.0142. The van der Waals surface area contributed by atoms with Gasteiger partial charge in [0.15, 0.2) is 0 Å². The summed E-state index contributed by atoms with van der Waals surface area (Å²) in [6.07, 6.45) is 4.35. The van der Waals surface area contributed by atoms with Gasteiger partial charge in [0.25, 0.3) is 9.05 Å². The molecule has 0 bridgehead atoms. The van der Waals surface area contributed by atoms with Gasteiger partial charge >= 0.3 is 0 Å². The van der Waals surface area contributed by atoms with Gasteiger partial charge in [-0.2, -0.15) is 0 Å². The number of hydrogen-bond acceptors (Lipinski definition) is 4. The first kappa shape index (κ1) is 9.36. The van der Waals surface area contributed by atoms with E-state index < -0.39 is 9.05 Å². The molecule has 2 heterocycles. The highest BCUT2D eigenvalue weighted by Crippen LogP contribution is 2.18. The van der Waals surface area contributed by atoms with Crippen LogP contribution in [0.2, 0.25) is 0 Å². The molecule has 72 valence electrons. The fourth-order valence-electron chi connectivity index (χ4n) is 1.09. The number of halogens is 1. The van der Waals surface area contributed by atoms with E-state index in [9.17, 15) is 8.42 Å². The van der Waals surface area contributed by atoms with Crippen LogP contribution in [0.5, 0.6) is 0 Å². The van der Waals surface area contributed by atoms with E-state index >= 15 is 0 Å². The molecule has 2 aromatic rings. The third-order valence-electron chi connectivity index (χ3n) is 1.74. The zero-order chi connectivity index (χ0) is 10.2. The van der Waals surface area contributed by atoms with Gasteiger partial charge in [-0.15, -0.1) is 0 Å². The van der Waals surface area contributed by atoms with E-state index in [1.807, 2.05) is 0 Å². The molecule has 0 aliphatic carbocycles. The van der Waals surface area contributed by atoms with Crippen LogP contribution in [0.15, 0.2) is 35.6 Å². The highest BCUT2D eigenvalue weighted by Gasteiger charge is 2.10. The second kappa shape index (κ2) is 3.18. The van der Waals surface area contributed by atoms with E-state index in [1.165, 1.54) is 18.5 Å². The summed E-state index contributed by atoms with van der Waals surface area (Å²) >= 11 is 0.